The molecular weight excluding hydrogens is 486 g/mol. The molecule has 3 aromatic carbocycles. The van der Waals surface area contributed by atoms with Gasteiger partial charge < -0.3 is 10.2 Å². The van der Waals surface area contributed by atoms with Crippen molar-refractivity contribution in [2.24, 2.45) is 0 Å². The van der Waals surface area contributed by atoms with Crippen molar-refractivity contribution in [2.75, 3.05) is 10.8 Å². The Bertz CT molecular complexity index is 1400. The Morgan fingerprint density at radius 2 is 1.68 bits per heavy atom. The summed E-state index contributed by atoms with van der Waals surface area (Å²) in [4.78, 5) is 28.3. The number of aryl methyl sites for hydroxylation is 1. The molecule has 1 aliphatic rings. The Morgan fingerprint density at radius 3 is 2.35 bits per heavy atom. The number of nitrogens with one attached hydrogen (secondary N) is 1. The van der Waals surface area contributed by atoms with E-state index in [0.717, 1.165) is 28.3 Å². The second kappa shape index (κ2) is 10.9. The highest BCUT2D eigenvalue weighted by molar-refractivity contribution is 7.93. The van der Waals surface area contributed by atoms with Crippen LogP contribution in [0.15, 0.2) is 65.6 Å². The maximum Gasteiger partial charge on any atom is 0.265 e. The zero-order valence-electron chi connectivity index (χ0n) is 21.9. The molecule has 0 spiro atoms. The highest BCUT2D eigenvalue weighted by Crippen LogP contribution is 2.42. The van der Waals surface area contributed by atoms with Crippen LogP contribution in [-0.2, 0) is 26.2 Å². The standard InChI is InChI=1S/C29H35N3O4S/c1-5-21(3)30-29(34)22(4)31(19-23-16-14-20(2)15-17-23)27(33)13-8-18-32-25-11-6-9-24-10-7-12-26(28(24)25)37(32,35)36/h6-7,9-12,14-17,21-22H,5,8,13,18-19H2,1-4H3,(H,30,34)/t21-,22-/m1/s1. The third-order valence-corrected chi connectivity index (χ3v) is 8.93. The SMILES string of the molecule is CC[C@@H](C)NC(=O)[C@@H](C)N(Cc1ccc(C)cc1)C(=O)CCCN1c2cccc3cccc(c23)S1(=O)=O. The van der Waals surface area contributed by atoms with Gasteiger partial charge in [-0.25, -0.2) is 8.42 Å². The van der Waals surface area contributed by atoms with Crippen molar-refractivity contribution in [2.45, 2.75) is 70.5 Å². The van der Waals surface area contributed by atoms with E-state index in [9.17, 15) is 18.0 Å². The Kier molecular flexibility index (Phi) is 7.87. The summed E-state index contributed by atoms with van der Waals surface area (Å²) < 4.78 is 27.9. The second-order valence-corrected chi connectivity index (χ2v) is 11.6. The lowest BCUT2D eigenvalue weighted by Gasteiger charge is -2.30. The molecule has 0 aliphatic carbocycles. The first kappa shape index (κ1) is 26.7. The first-order valence-electron chi connectivity index (χ1n) is 12.8. The molecule has 8 heteroatoms. The molecule has 0 radical (unpaired) electrons. The van der Waals surface area contributed by atoms with Gasteiger partial charge in [0.1, 0.15) is 6.04 Å². The number of sulfonamides is 1. The molecule has 2 atom stereocenters. The number of hydrogen-bond donors (Lipinski definition) is 1. The fourth-order valence-corrected chi connectivity index (χ4v) is 6.40. The number of amides is 2. The second-order valence-electron chi connectivity index (χ2n) is 9.81. The van der Waals surface area contributed by atoms with E-state index in [4.69, 9.17) is 0 Å². The van der Waals surface area contributed by atoms with Crippen LogP contribution in [0.3, 0.4) is 0 Å². The van der Waals surface area contributed by atoms with Gasteiger partial charge in [0.2, 0.25) is 11.8 Å². The van der Waals surface area contributed by atoms with Gasteiger partial charge in [-0.05, 0) is 56.7 Å². The van der Waals surface area contributed by atoms with Crippen LogP contribution in [0.2, 0.25) is 0 Å². The zero-order chi connectivity index (χ0) is 26.7. The van der Waals surface area contributed by atoms with Crippen molar-refractivity contribution in [1.29, 1.82) is 0 Å². The van der Waals surface area contributed by atoms with Crippen molar-refractivity contribution in [3.05, 3.63) is 71.8 Å². The Hall–Kier alpha value is -3.39. The third kappa shape index (κ3) is 5.49. The molecule has 1 N–H and O–H groups in total. The highest BCUT2D eigenvalue weighted by atomic mass is 32.2. The highest BCUT2D eigenvalue weighted by Gasteiger charge is 2.35. The van der Waals surface area contributed by atoms with E-state index in [1.54, 1.807) is 24.0 Å². The number of carbonyl (C=O) groups excluding carboxylic acids is 2. The van der Waals surface area contributed by atoms with Gasteiger partial charge in [0.25, 0.3) is 10.0 Å². The topological polar surface area (TPSA) is 86.8 Å². The van der Waals surface area contributed by atoms with E-state index < -0.39 is 16.1 Å². The smallest absolute Gasteiger partial charge is 0.265 e. The molecule has 4 rings (SSSR count). The predicted octanol–water partition coefficient (Wildman–Crippen LogP) is 4.77. The van der Waals surface area contributed by atoms with Gasteiger partial charge in [-0.15, -0.1) is 0 Å². The van der Waals surface area contributed by atoms with E-state index in [1.165, 1.54) is 4.31 Å². The van der Waals surface area contributed by atoms with Crippen LogP contribution in [0.4, 0.5) is 5.69 Å². The van der Waals surface area contributed by atoms with E-state index in [0.29, 0.717) is 23.5 Å². The van der Waals surface area contributed by atoms with Crippen LogP contribution in [0, 0.1) is 6.92 Å². The van der Waals surface area contributed by atoms with Crippen molar-refractivity contribution < 1.29 is 18.0 Å². The van der Waals surface area contributed by atoms with Crippen LogP contribution in [0.5, 0.6) is 0 Å². The summed E-state index contributed by atoms with van der Waals surface area (Å²) in [5, 5.41) is 4.58. The molecule has 0 saturated carbocycles. The molecule has 1 heterocycles. The molecule has 2 amide bonds. The first-order chi connectivity index (χ1) is 17.6. The number of carbonyl (C=O) groups is 2. The fourth-order valence-electron chi connectivity index (χ4n) is 4.65. The van der Waals surface area contributed by atoms with Crippen LogP contribution in [0.25, 0.3) is 10.8 Å². The summed E-state index contributed by atoms with van der Waals surface area (Å²) in [6.45, 7) is 8.17. The van der Waals surface area contributed by atoms with E-state index in [1.807, 2.05) is 69.3 Å². The molecule has 7 nitrogen and oxygen atoms in total. The number of nitrogens with zero attached hydrogens (tertiary/aromatic N) is 2. The van der Waals surface area contributed by atoms with E-state index in [2.05, 4.69) is 5.32 Å². The van der Waals surface area contributed by atoms with Gasteiger partial charge in [0.05, 0.1) is 10.6 Å². The van der Waals surface area contributed by atoms with Crippen molar-refractivity contribution >= 4 is 38.3 Å². The lowest BCUT2D eigenvalue weighted by molar-refractivity contribution is -0.140. The van der Waals surface area contributed by atoms with Crippen LogP contribution in [0.1, 0.15) is 51.2 Å². The number of anilines is 1. The molecule has 3 aromatic rings. The van der Waals surface area contributed by atoms with E-state index >= 15 is 0 Å². The molecule has 0 aromatic heterocycles. The normalized spacial score (nSPS) is 15.4. The van der Waals surface area contributed by atoms with E-state index in [-0.39, 0.29) is 30.8 Å². The Labute approximate surface area is 219 Å². The molecule has 0 fully saturated rings. The van der Waals surface area contributed by atoms with Gasteiger partial charge in [-0.3, -0.25) is 13.9 Å². The van der Waals surface area contributed by atoms with Crippen LogP contribution >= 0.6 is 0 Å². The van der Waals surface area contributed by atoms with Gasteiger partial charge in [0.15, 0.2) is 0 Å². The third-order valence-electron chi connectivity index (χ3n) is 7.07. The Balaban J connectivity index is 1.49. The summed E-state index contributed by atoms with van der Waals surface area (Å²) >= 11 is 0. The summed E-state index contributed by atoms with van der Waals surface area (Å²) in [6.07, 6.45) is 1.27. The largest absolute Gasteiger partial charge is 0.352 e. The number of hydrogen-bond acceptors (Lipinski definition) is 4. The lowest BCUT2D eigenvalue weighted by Crippen LogP contribution is -2.49. The fraction of sp³-hybridized carbons (Fsp3) is 0.379. The molecule has 0 unspecified atom stereocenters. The van der Waals surface area contributed by atoms with Crippen LogP contribution in [-0.4, -0.2) is 43.8 Å². The van der Waals surface area contributed by atoms with Crippen LogP contribution < -0.4 is 9.62 Å². The molecule has 196 valence electrons. The minimum Gasteiger partial charge on any atom is -0.352 e. The summed E-state index contributed by atoms with van der Waals surface area (Å²) in [6, 6.07) is 18.1. The molecule has 37 heavy (non-hydrogen) atoms. The lowest BCUT2D eigenvalue weighted by atomic mass is 10.1. The van der Waals surface area contributed by atoms with Gasteiger partial charge in [-0.1, -0.05) is 61.0 Å². The molecule has 0 saturated heterocycles. The zero-order valence-corrected chi connectivity index (χ0v) is 22.7. The number of benzene rings is 3. The van der Waals surface area contributed by atoms with Crippen molar-refractivity contribution in [3.8, 4) is 0 Å². The van der Waals surface area contributed by atoms with Gasteiger partial charge in [-0.2, -0.15) is 0 Å². The van der Waals surface area contributed by atoms with Crippen molar-refractivity contribution in [1.82, 2.24) is 10.2 Å². The van der Waals surface area contributed by atoms with Crippen molar-refractivity contribution in [3.63, 3.8) is 0 Å². The average Bonchev–Trinajstić information content (AvgIpc) is 3.10. The predicted molar refractivity (Wildman–Crippen MR) is 147 cm³/mol. The molecule has 0 bridgehead atoms. The summed E-state index contributed by atoms with van der Waals surface area (Å²) in [5.74, 6) is -0.376. The Morgan fingerprint density at radius 1 is 1.00 bits per heavy atom. The molecule has 1 aliphatic heterocycles. The summed E-state index contributed by atoms with van der Waals surface area (Å²) in [7, 11) is -3.67. The first-order valence-corrected chi connectivity index (χ1v) is 14.3. The molecular formula is C29H35N3O4S. The van der Waals surface area contributed by atoms with Gasteiger partial charge >= 0.3 is 0 Å². The minimum absolute atomic E-state index is 0.0102. The quantitative estimate of drug-likeness (QED) is 0.416. The number of rotatable bonds is 10. The monoisotopic (exact) mass is 521 g/mol. The van der Waals surface area contributed by atoms with Gasteiger partial charge in [0, 0.05) is 30.9 Å². The maximum absolute atomic E-state index is 13.4. The summed E-state index contributed by atoms with van der Waals surface area (Å²) in [5.41, 5.74) is 2.71. The minimum atomic E-state index is -3.67. The maximum atomic E-state index is 13.4. The average molecular weight is 522 g/mol.